The second kappa shape index (κ2) is 7.44. The summed E-state index contributed by atoms with van der Waals surface area (Å²) in [6.45, 7) is 9.60. The van der Waals surface area contributed by atoms with Gasteiger partial charge in [0, 0.05) is 25.0 Å². The summed E-state index contributed by atoms with van der Waals surface area (Å²) in [6, 6.07) is 0.521. The summed E-state index contributed by atoms with van der Waals surface area (Å²) in [5.41, 5.74) is 0. The molecule has 1 aliphatic carbocycles. The molecular weight excluding hydrogens is 248 g/mol. The minimum atomic E-state index is 0.231. The Labute approximate surface area is 124 Å². The summed E-state index contributed by atoms with van der Waals surface area (Å²) in [4.78, 5) is 14.8. The van der Waals surface area contributed by atoms with Gasteiger partial charge in [-0.25, -0.2) is 0 Å². The molecule has 0 aromatic carbocycles. The Bertz CT molecular complexity index is 310. The molecule has 1 saturated heterocycles. The Morgan fingerprint density at radius 3 is 2.40 bits per heavy atom. The number of carbonyl (C=O) groups is 1. The van der Waals surface area contributed by atoms with Crippen molar-refractivity contribution >= 4 is 5.91 Å². The molecule has 1 amide bonds. The van der Waals surface area contributed by atoms with Crippen LogP contribution in [0.1, 0.15) is 59.3 Å². The van der Waals surface area contributed by atoms with Crippen LogP contribution >= 0.6 is 0 Å². The van der Waals surface area contributed by atoms with Crippen LogP contribution in [0.15, 0.2) is 0 Å². The van der Waals surface area contributed by atoms with E-state index in [0.29, 0.717) is 17.9 Å². The number of carbonyl (C=O) groups excluding carboxylic acids is 1. The maximum atomic E-state index is 12.6. The standard InChI is InChI=1S/C17H32N2O/c1-4-13-9-16(18-10-14-7-8-14)12-19(11-13)17(20)15(5-2)6-3/h13-16,18H,4-12H2,1-3H3. The zero-order chi connectivity index (χ0) is 14.5. The SMILES string of the molecule is CCC1CC(NCC2CC2)CN(C(=O)C(CC)CC)C1. The van der Waals surface area contributed by atoms with Crippen LogP contribution in [-0.4, -0.2) is 36.5 Å². The van der Waals surface area contributed by atoms with Crippen LogP contribution in [0.25, 0.3) is 0 Å². The van der Waals surface area contributed by atoms with Gasteiger partial charge < -0.3 is 10.2 Å². The molecule has 2 rings (SSSR count). The van der Waals surface area contributed by atoms with E-state index in [4.69, 9.17) is 0 Å². The van der Waals surface area contributed by atoms with E-state index in [2.05, 4.69) is 31.0 Å². The number of amides is 1. The topological polar surface area (TPSA) is 32.3 Å². The minimum absolute atomic E-state index is 0.231. The van der Waals surface area contributed by atoms with E-state index in [1.807, 2.05) is 0 Å². The average Bonchev–Trinajstić information content (AvgIpc) is 3.30. The number of nitrogens with one attached hydrogen (secondary N) is 1. The van der Waals surface area contributed by atoms with Crippen LogP contribution in [0.4, 0.5) is 0 Å². The predicted octanol–water partition coefficient (Wildman–Crippen LogP) is 3.05. The molecule has 1 heterocycles. The summed E-state index contributed by atoms with van der Waals surface area (Å²) >= 11 is 0. The van der Waals surface area contributed by atoms with E-state index in [-0.39, 0.29) is 5.92 Å². The summed E-state index contributed by atoms with van der Waals surface area (Å²) < 4.78 is 0. The summed E-state index contributed by atoms with van der Waals surface area (Å²) in [5, 5.41) is 3.71. The van der Waals surface area contributed by atoms with E-state index in [1.54, 1.807) is 0 Å². The Hall–Kier alpha value is -0.570. The van der Waals surface area contributed by atoms with Crippen molar-refractivity contribution < 1.29 is 4.79 Å². The van der Waals surface area contributed by atoms with E-state index >= 15 is 0 Å². The highest BCUT2D eigenvalue weighted by Gasteiger charge is 2.32. The van der Waals surface area contributed by atoms with Gasteiger partial charge in [0.05, 0.1) is 0 Å². The van der Waals surface area contributed by atoms with Crippen molar-refractivity contribution in [2.75, 3.05) is 19.6 Å². The lowest BCUT2D eigenvalue weighted by Gasteiger charge is -2.39. The largest absolute Gasteiger partial charge is 0.341 e. The third-order valence-electron chi connectivity index (χ3n) is 5.15. The third-order valence-corrected chi connectivity index (χ3v) is 5.15. The molecule has 0 radical (unpaired) electrons. The highest BCUT2D eigenvalue weighted by molar-refractivity contribution is 5.78. The lowest BCUT2D eigenvalue weighted by molar-refractivity contribution is -0.138. The van der Waals surface area contributed by atoms with Crippen LogP contribution in [-0.2, 0) is 4.79 Å². The van der Waals surface area contributed by atoms with Crippen LogP contribution in [0.5, 0.6) is 0 Å². The van der Waals surface area contributed by atoms with E-state index in [0.717, 1.165) is 38.4 Å². The number of rotatable bonds is 7. The van der Waals surface area contributed by atoms with Crippen molar-refractivity contribution in [2.24, 2.45) is 17.8 Å². The molecule has 1 N–H and O–H groups in total. The van der Waals surface area contributed by atoms with Crippen LogP contribution in [0.2, 0.25) is 0 Å². The summed E-state index contributed by atoms with van der Waals surface area (Å²) in [6.07, 6.45) is 7.18. The quantitative estimate of drug-likeness (QED) is 0.777. The molecule has 3 heteroatoms. The molecule has 1 saturated carbocycles. The normalized spacial score (nSPS) is 27.1. The zero-order valence-electron chi connectivity index (χ0n) is 13.5. The predicted molar refractivity (Wildman–Crippen MR) is 83.6 cm³/mol. The van der Waals surface area contributed by atoms with Gasteiger partial charge in [0.15, 0.2) is 0 Å². The molecule has 0 spiro atoms. The summed E-state index contributed by atoms with van der Waals surface area (Å²) in [5.74, 6) is 2.22. The monoisotopic (exact) mass is 280 g/mol. The Morgan fingerprint density at radius 1 is 1.15 bits per heavy atom. The highest BCUT2D eigenvalue weighted by Crippen LogP contribution is 2.29. The Balaban J connectivity index is 1.90. The Morgan fingerprint density at radius 2 is 1.85 bits per heavy atom. The van der Waals surface area contributed by atoms with Gasteiger partial charge in [-0.15, -0.1) is 0 Å². The lowest BCUT2D eigenvalue weighted by Crippen LogP contribution is -2.52. The van der Waals surface area contributed by atoms with Gasteiger partial charge in [-0.05, 0) is 50.5 Å². The second-order valence-electron chi connectivity index (χ2n) is 6.82. The first-order valence-electron chi connectivity index (χ1n) is 8.69. The molecule has 0 aromatic heterocycles. The fourth-order valence-corrected chi connectivity index (χ4v) is 3.38. The number of nitrogens with zero attached hydrogens (tertiary/aromatic N) is 1. The van der Waals surface area contributed by atoms with Gasteiger partial charge in [0.25, 0.3) is 0 Å². The van der Waals surface area contributed by atoms with Gasteiger partial charge in [-0.1, -0.05) is 27.2 Å². The molecule has 2 fully saturated rings. The maximum Gasteiger partial charge on any atom is 0.225 e. The zero-order valence-corrected chi connectivity index (χ0v) is 13.5. The minimum Gasteiger partial charge on any atom is -0.341 e. The van der Waals surface area contributed by atoms with Crippen molar-refractivity contribution in [3.63, 3.8) is 0 Å². The van der Waals surface area contributed by atoms with E-state index in [1.165, 1.54) is 25.7 Å². The lowest BCUT2D eigenvalue weighted by atomic mass is 9.90. The number of piperidine rings is 1. The molecule has 3 nitrogen and oxygen atoms in total. The van der Waals surface area contributed by atoms with Gasteiger partial charge in [-0.3, -0.25) is 4.79 Å². The van der Waals surface area contributed by atoms with Crippen molar-refractivity contribution in [1.29, 1.82) is 0 Å². The van der Waals surface area contributed by atoms with Crippen LogP contribution < -0.4 is 5.32 Å². The average molecular weight is 280 g/mol. The molecule has 2 atom stereocenters. The molecule has 2 unspecified atom stereocenters. The molecule has 0 aromatic rings. The first kappa shape index (κ1) is 15.8. The maximum absolute atomic E-state index is 12.6. The third kappa shape index (κ3) is 4.21. The number of hydrogen-bond donors (Lipinski definition) is 1. The van der Waals surface area contributed by atoms with Crippen molar-refractivity contribution in [2.45, 2.75) is 65.3 Å². The van der Waals surface area contributed by atoms with Gasteiger partial charge in [0.1, 0.15) is 0 Å². The fourth-order valence-electron chi connectivity index (χ4n) is 3.38. The molecule has 116 valence electrons. The second-order valence-corrected chi connectivity index (χ2v) is 6.82. The van der Waals surface area contributed by atoms with E-state index < -0.39 is 0 Å². The fraction of sp³-hybridized carbons (Fsp3) is 0.941. The highest BCUT2D eigenvalue weighted by atomic mass is 16.2. The van der Waals surface area contributed by atoms with Crippen LogP contribution in [0.3, 0.4) is 0 Å². The molecular formula is C17H32N2O. The number of hydrogen-bond acceptors (Lipinski definition) is 2. The molecule has 20 heavy (non-hydrogen) atoms. The van der Waals surface area contributed by atoms with Crippen molar-refractivity contribution in [1.82, 2.24) is 10.2 Å². The van der Waals surface area contributed by atoms with Crippen molar-refractivity contribution in [3.05, 3.63) is 0 Å². The first-order valence-corrected chi connectivity index (χ1v) is 8.69. The number of likely N-dealkylation sites (tertiary alicyclic amines) is 1. The Kier molecular flexibility index (Phi) is 5.88. The molecule has 2 aliphatic rings. The van der Waals surface area contributed by atoms with Crippen molar-refractivity contribution in [3.8, 4) is 0 Å². The molecule has 1 aliphatic heterocycles. The summed E-state index contributed by atoms with van der Waals surface area (Å²) in [7, 11) is 0. The van der Waals surface area contributed by atoms with Gasteiger partial charge in [0.2, 0.25) is 5.91 Å². The smallest absolute Gasteiger partial charge is 0.225 e. The van der Waals surface area contributed by atoms with Gasteiger partial charge >= 0.3 is 0 Å². The first-order chi connectivity index (χ1) is 9.67. The van der Waals surface area contributed by atoms with Crippen LogP contribution in [0, 0.1) is 17.8 Å². The molecule has 0 bridgehead atoms. The van der Waals surface area contributed by atoms with E-state index in [9.17, 15) is 4.79 Å². The van der Waals surface area contributed by atoms with Gasteiger partial charge in [-0.2, -0.15) is 0 Å².